The number of likely N-dealkylation sites (N-methyl/N-ethyl adjacent to an activating group) is 1. The molecule has 22 heavy (non-hydrogen) atoms. The van der Waals surface area contributed by atoms with Crippen molar-refractivity contribution in [1.82, 2.24) is 24.3 Å². The number of fused-ring (bicyclic) bond motifs is 4. The van der Waals surface area contributed by atoms with E-state index in [1.165, 1.54) is 16.4 Å². The maximum Gasteiger partial charge on any atom is 0.237 e. The van der Waals surface area contributed by atoms with Crippen LogP contribution in [0, 0.1) is 0 Å². The first kappa shape index (κ1) is 14.5. The fourth-order valence-corrected chi connectivity index (χ4v) is 4.90. The van der Waals surface area contributed by atoms with E-state index in [1.54, 1.807) is 0 Å². The van der Waals surface area contributed by atoms with Crippen molar-refractivity contribution < 1.29 is 4.79 Å². The monoisotopic (exact) mass is 321 g/mol. The van der Waals surface area contributed by atoms with E-state index in [9.17, 15) is 4.79 Å². The Hall–Kier alpha value is -1.05. The maximum absolute atomic E-state index is 12.8. The van der Waals surface area contributed by atoms with Crippen LogP contribution < -0.4 is 0 Å². The summed E-state index contributed by atoms with van der Waals surface area (Å²) < 4.78 is 4.09. The van der Waals surface area contributed by atoms with Gasteiger partial charge in [0.15, 0.2) is 0 Å². The standard InChI is InChI=1S/C15H23N5OS/c1-2-18-5-7-19(8-6-18)10-14(21)20-11-3-4-13(20)15-12(9-11)16-17-22-15/h11,13H,2-10H2,1H3/t11-,13-/m1/s1. The third-order valence-electron chi connectivity index (χ3n) is 5.38. The van der Waals surface area contributed by atoms with E-state index in [0.717, 1.165) is 57.7 Å². The van der Waals surface area contributed by atoms with Crippen molar-refractivity contribution in [3.8, 4) is 0 Å². The lowest BCUT2D eigenvalue weighted by atomic mass is 10.1. The number of aromatic nitrogens is 2. The highest BCUT2D eigenvalue weighted by Crippen LogP contribution is 2.44. The summed E-state index contributed by atoms with van der Waals surface area (Å²) in [5.74, 6) is 0.302. The summed E-state index contributed by atoms with van der Waals surface area (Å²) in [5.41, 5.74) is 1.14. The molecule has 2 bridgehead atoms. The van der Waals surface area contributed by atoms with Gasteiger partial charge in [0.05, 0.1) is 23.2 Å². The number of carbonyl (C=O) groups excluding carboxylic acids is 1. The predicted molar refractivity (Wildman–Crippen MR) is 84.8 cm³/mol. The second-order valence-corrected chi connectivity index (χ2v) is 7.33. The number of nitrogens with zero attached hydrogens (tertiary/aromatic N) is 5. The molecule has 6 nitrogen and oxygen atoms in total. The van der Waals surface area contributed by atoms with Gasteiger partial charge in [-0.1, -0.05) is 11.4 Å². The van der Waals surface area contributed by atoms with Crippen LogP contribution in [0.4, 0.5) is 0 Å². The Labute approximate surface area is 135 Å². The molecule has 4 rings (SSSR count). The van der Waals surface area contributed by atoms with E-state index in [0.29, 0.717) is 18.5 Å². The molecule has 0 radical (unpaired) electrons. The van der Waals surface area contributed by atoms with E-state index >= 15 is 0 Å². The Bertz CT molecular complexity index is 554. The molecular weight excluding hydrogens is 298 g/mol. The first-order valence-electron chi connectivity index (χ1n) is 8.33. The third kappa shape index (κ3) is 2.45. The van der Waals surface area contributed by atoms with Gasteiger partial charge in [0.25, 0.3) is 0 Å². The first-order chi connectivity index (χ1) is 10.8. The highest BCUT2D eigenvalue weighted by Gasteiger charge is 2.44. The number of hydrogen-bond acceptors (Lipinski definition) is 6. The van der Waals surface area contributed by atoms with Crippen LogP contribution in [0.5, 0.6) is 0 Å². The fraction of sp³-hybridized carbons (Fsp3) is 0.800. The van der Waals surface area contributed by atoms with E-state index in [-0.39, 0.29) is 6.04 Å². The van der Waals surface area contributed by atoms with Crippen molar-refractivity contribution in [2.24, 2.45) is 0 Å². The highest BCUT2D eigenvalue weighted by atomic mass is 32.1. The van der Waals surface area contributed by atoms with Gasteiger partial charge in [-0.3, -0.25) is 9.69 Å². The minimum Gasteiger partial charge on any atom is -0.330 e. The largest absolute Gasteiger partial charge is 0.330 e. The van der Waals surface area contributed by atoms with Gasteiger partial charge in [-0.25, -0.2) is 0 Å². The number of hydrogen-bond donors (Lipinski definition) is 0. The molecule has 1 aromatic rings. The van der Waals surface area contributed by atoms with Crippen LogP contribution in [0.25, 0.3) is 0 Å². The van der Waals surface area contributed by atoms with Crippen molar-refractivity contribution in [3.63, 3.8) is 0 Å². The van der Waals surface area contributed by atoms with Gasteiger partial charge in [-0.2, -0.15) is 0 Å². The second kappa shape index (κ2) is 5.86. The Morgan fingerprint density at radius 1 is 1.23 bits per heavy atom. The van der Waals surface area contributed by atoms with Crippen molar-refractivity contribution in [1.29, 1.82) is 0 Å². The smallest absolute Gasteiger partial charge is 0.237 e. The zero-order valence-electron chi connectivity index (χ0n) is 13.1. The molecule has 3 aliphatic heterocycles. The predicted octanol–water partition coefficient (Wildman–Crippen LogP) is 0.764. The molecule has 4 heterocycles. The van der Waals surface area contributed by atoms with Crippen molar-refractivity contribution in [2.75, 3.05) is 39.3 Å². The summed E-state index contributed by atoms with van der Waals surface area (Å²) in [7, 11) is 0. The highest BCUT2D eigenvalue weighted by molar-refractivity contribution is 7.05. The van der Waals surface area contributed by atoms with Gasteiger partial charge in [0.2, 0.25) is 5.91 Å². The van der Waals surface area contributed by atoms with Gasteiger partial charge >= 0.3 is 0 Å². The number of amides is 1. The molecule has 0 unspecified atom stereocenters. The van der Waals surface area contributed by atoms with E-state index in [1.807, 2.05) is 0 Å². The van der Waals surface area contributed by atoms with Gasteiger partial charge in [-0.05, 0) is 30.9 Å². The minimum atomic E-state index is 0.248. The molecule has 120 valence electrons. The van der Waals surface area contributed by atoms with E-state index in [4.69, 9.17) is 0 Å². The quantitative estimate of drug-likeness (QED) is 0.823. The molecule has 0 aliphatic carbocycles. The summed E-state index contributed by atoms with van der Waals surface area (Å²) in [4.78, 5) is 21.0. The van der Waals surface area contributed by atoms with Crippen LogP contribution in [0.15, 0.2) is 0 Å². The van der Waals surface area contributed by atoms with Crippen LogP contribution in [-0.4, -0.2) is 75.5 Å². The molecule has 0 saturated carbocycles. The lowest BCUT2D eigenvalue weighted by molar-refractivity contribution is -0.136. The van der Waals surface area contributed by atoms with Crippen LogP contribution >= 0.6 is 11.5 Å². The Morgan fingerprint density at radius 3 is 2.77 bits per heavy atom. The van der Waals surface area contributed by atoms with Gasteiger partial charge in [0.1, 0.15) is 0 Å². The average molecular weight is 321 g/mol. The van der Waals surface area contributed by atoms with Crippen molar-refractivity contribution >= 4 is 17.4 Å². The van der Waals surface area contributed by atoms with Crippen molar-refractivity contribution in [2.45, 2.75) is 38.3 Å². The number of piperazine rings is 1. The summed E-state index contributed by atoms with van der Waals surface area (Å²) in [5, 5.41) is 4.24. The van der Waals surface area contributed by atoms with Crippen molar-refractivity contribution in [3.05, 3.63) is 10.6 Å². The molecule has 2 atom stereocenters. The topological polar surface area (TPSA) is 52.6 Å². The normalized spacial score (nSPS) is 28.9. The molecular formula is C15H23N5OS. The molecule has 1 amide bonds. The summed E-state index contributed by atoms with van der Waals surface area (Å²) in [6, 6.07) is 0.601. The molecule has 0 spiro atoms. The minimum absolute atomic E-state index is 0.248. The molecule has 3 aliphatic rings. The van der Waals surface area contributed by atoms with Crippen LogP contribution in [0.1, 0.15) is 36.4 Å². The zero-order valence-corrected chi connectivity index (χ0v) is 13.9. The SMILES string of the molecule is CCN1CCN(CC(=O)N2[C@@H]3CC[C@@H]2c2snnc2C3)CC1. The summed E-state index contributed by atoms with van der Waals surface area (Å²) in [6.45, 7) is 8.07. The molecule has 0 aromatic carbocycles. The van der Waals surface area contributed by atoms with E-state index < -0.39 is 0 Å². The first-order valence-corrected chi connectivity index (χ1v) is 9.10. The lowest BCUT2D eigenvalue weighted by Crippen LogP contribution is -2.51. The fourth-order valence-electron chi connectivity index (χ4n) is 4.09. The zero-order chi connectivity index (χ0) is 15.1. The third-order valence-corrected chi connectivity index (χ3v) is 6.25. The summed E-state index contributed by atoms with van der Waals surface area (Å²) >= 11 is 1.48. The maximum atomic E-state index is 12.8. The molecule has 7 heteroatoms. The molecule has 2 saturated heterocycles. The molecule has 1 aromatic heterocycles. The second-order valence-electron chi connectivity index (χ2n) is 6.55. The molecule has 2 fully saturated rings. The summed E-state index contributed by atoms with van der Waals surface area (Å²) in [6.07, 6.45) is 3.09. The lowest BCUT2D eigenvalue weighted by Gasteiger charge is -2.37. The van der Waals surface area contributed by atoms with Gasteiger partial charge in [-0.15, -0.1) is 5.10 Å². The Morgan fingerprint density at radius 2 is 2.00 bits per heavy atom. The molecule has 0 N–H and O–H groups in total. The Balaban J connectivity index is 1.42. The van der Waals surface area contributed by atoms with E-state index in [2.05, 4.69) is 31.2 Å². The number of carbonyl (C=O) groups is 1. The van der Waals surface area contributed by atoms with Gasteiger partial charge in [0, 0.05) is 38.6 Å². The van der Waals surface area contributed by atoms with Crippen LogP contribution in [0.3, 0.4) is 0 Å². The Kier molecular flexibility index (Phi) is 3.88. The number of rotatable bonds is 3. The van der Waals surface area contributed by atoms with Gasteiger partial charge < -0.3 is 9.80 Å². The van der Waals surface area contributed by atoms with Crippen LogP contribution in [0.2, 0.25) is 0 Å². The van der Waals surface area contributed by atoms with Crippen LogP contribution in [-0.2, 0) is 11.2 Å². The average Bonchev–Trinajstić information content (AvgIpc) is 3.13.